The fourth-order valence-electron chi connectivity index (χ4n) is 3.86. The quantitative estimate of drug-likeness (QED) is 0.619. The molecule has 1 unspecified atom stereocenters. The minimum atomic E-state index is -3.52. The molecule has 1 atom stereocenters. The molecule has 0 amide bonds. The number of hydrogen-bond acceptors (Lipinski definition) is 3. The smallest absolute Gasteiger partial charge is 0.243 e. The van der Waals surface area contributed by atoms with Crippen molar-refractivity contribution in [2.24, 2.45) is 5.92 Å². The van der Waals surface area contributed by atoms with Crippen molar-refractivity contribution in [2.75, 3.05) is 19.7 Å². The number of piperidine rings is 1. The van der Waals surface area contributed by atoms with Gasteiger partial charge in [-0.25, -0.2) is 8.42 Å². The van der Waals surface area contributed by atoms with Crippen LogP contribution in [0.4, 0.5) is 0 Å². The van der Waals surface area contributed by atoms with Crippen LogP contribution in [0.2, 0.25) is 0 Å². The van der Waals surface area contributed by atoms with Crippen LogP contribution in [0.25, 0.3) is 10.8 Å². The molecular formula is C23H25NO3S. The summed E-state index contributed by atoms with van der Waals surface area (Å²) in [6.45, 7) is 2.23. The molecule has 0 bridgehead atoms. The standard InChI is InChI=1S/C23H25NO3S/c25-28(26,23-14-6-12-21-11-4-5-13-22(21)23)24-15-7-10-20(16-24)18-27-17-19-8-2-1-3-9-19/h1-6,8-9,11-14,20H,7,10,15-18H2. The summed E-state index contributed by atoms with van der Waals surface area (Å²) in [5.41, 5.74) is 1.14. The van der Waals surface area contributed by atoms with Gasteiger partial charge in [-0.05, 0) is 35.8 Å². The first-order valence-electron chi connectivity index (χ1n) is 9.74. The lowest BCUT2D eigenvalue weighted by atomic mass is 10.0. The number of fused-ring (bicyclic) bond motifs is 1. The summed E-state index contributed by atoms with van der Waals surface area (Å²) >= 11 is 0. The molecule has 1 aliphatic heterocycles. The van der Waals surface area contributed by atoms with Crippen molar-refractivity contribution >= 4 is 20.8 Å². The highest BCUT2D eigenvalue weighted by Gasteiger charge is 2.31. The lowest BCUT2D eigenvalue weighted by molar-refractivity contribution is 0.0672. The molecule has 0 aliphatic carbocycles. The van der Waals surface area contributed by atoms with Crippen molar-refractivity contribution in [2.45, 2.75) is 24.3 Å². The zero-order valence-electron chi connectivity index (χ0n) is 15.8. The highest BCUT2D eigenvalue weighted by atomic mass is 32.2. The fraction of sp³-hybridized carbons (Fsp3) is 0.304. The van der Waals surface area contributed by atoms with E-state index in [1.54, 1.807) is 10.4 Å². The summed E-state index contributed by atoms with van der Waals surface area (Å²) in [5.74, 6) is 0.224. The van der Waals surface area contributed by atoms with Crippen LogP contribution >= 0.6 is 0 Å². The lowest BCUT2D eigenvalue weighted by Gasteiger charge is -2.32. The average Bonchev–Trinajstić information content (AvgIpc) is 2.74. The molecule has 0 aromatic heterocycles. The molecule has 0 N–H and O–H groups in total. The number of nitrogens with zero attached hydrogens (tertiary/aromatic N) is 1. The Morgan fingerprint density at radius 1 is 0.929 bits per heavy atom. The lowest BCUT2D eigenvalue weighted by Crippen LogP contribution is -2.41. The maximum absolute atomic E-state index is 13.3. The Labute approximate surface area is 166 Å². The minimum absolute atomic E-state index is 0.224. The van der Waals surface area contributed by atoms with Crippen molar-refractivity contribution < 1.29 is 13.2 Å². The van der Waals surface area contributed by atoms with Gasteiger partial charge >= 0.3 is 0 Å². The molecule has 1 heterocycles. The first kappa shape index (κ1) is 19.1. The van der Waals surface area contributed by atoms with Gasteiger partial charge in [0.2, 0.25) is 10.0 Å². The van der Waals surface area contributed by atoms with Crippen molar-refractivity contribution in [1.82, 2.24) is 4.31 Å². The van der Waals surface area contributed by atoms with Gasteiger partial charge in [0.1, 0.15) is 0 Å². The van der Waals surface area contributed by atoms with Crippen molar-refractivity contribution in [3.63, 3.8) is 0 Å². The molecule has 5 heteroatoms. The van der Waals surface area contributed by atoms with Crippen LogP contribution < -0.4 is 0 Å². The van der Waals surface area contributed by atoms with Crippen LogP contribution in [0, 0.1) is 5.92 Å². The van der Waals surface area contributed by atoms with E-state index in [-0.39, 0.29) is 5.92 Å². The third kappa shape index (κ3) is 4.12. The molecule has 0 saturated carbocycles. The molecule has 0 spiro atoms. The summed E-state index contributed by atoms with van der Waals surface area (Å²) in [5, 5.41) is 1.73. The van der Waals surface area contributed by atoms with E-state index in [2.05, 4.69) is 0 Å². The highest BCUT2D eigenvalue weighted by Crippen LogP contribution is 2.29. The average molecular weight is 396 g/mol. The third-order valence-electron chi connectivity index (χ3n) is 5.31. The number of hydrogen-bond donors (Lipinski definition) is 0. The van der Waals surface area contributed by atoms with Gasteiger partial charge in [-0.15, -0.1) is 0 Å². The maximum Gasteiger partial charge on any atom is 0.243 e. The molecular weight excluding hydrogens is 370 g/mol. The number of benzene rings is 3. The topological polar surface area (TPSA) is 46.6 Å². The van der Waals surface area contributed by atoms with Crippen molar-refractivity contribution in [3.8, 4) is 0 Å². The minimum Gasteiger partial charge on any atom is -0.376 e. The van der Waals surface area contributed by atoms with E-state index in [4.69, 9.17) is 4.74 Å². The second kappa shape index (κ2) is 8.43. The van der Waals surface area contributed by atoms with E-state index >= 15 is 0 Å². The molecule has 1 saturated heterocycles. The predicted octanol–water partition coefficient (Wildman–Crippen LogP) is 4.46. The van der Waals surface area contributed by atoms with Crippen LogP contribution in [0.15, 0.2) is 77.7 Å². The number of sulfonamides is 1. The monoisotopic (exact) mass is 395 g/mol. The Kier molecular flexibility index (Phi) is 5.76. The molecule has 3 aromatic rings. The number of ether oxygens (including phenoxy) is 1. The SMILES string of the molecule is O=S(=O)(c1cccc2ccccc12)N1CCCC(COCc2ccccc2)C1. The van der Waals surface area contributed by atoms with Gasteiger partial charge in [-0.2, -0.15) is 4.31 Å². The Morgan fingerprint density at radius 3 is 2.54 bits per heavy atom. The summed E-state index contributed by atoms with van der Waals surface area (Å²) in [6, 6.07) is 23.2. The van der Waals surface area contributed by atoms with E-state index in [1.165, 1.54) is 0 Å². The summed E-state index contributed by atoms with van der Waals surface area (Å²) in [7, 11) is -3.52. The van der Waals surface area contributed by atoms with E-state index < -0.39 is 10.0 Å². The van der Waals surface area contributed by atoms with Gasteiger partial charge < -0.3 is 4.74 Å². The zero-order chi connectivity index (χ0) is 19.4. The van der Waals surface area contributed by atoms with Gasteiger partial charge in [0.15, 0.2) is 0 Å². The van der Waals surface area contributed by atoms with Gasteiger partial charge in [0.25, 0.3) is 0 Å². The molecule has 1 fully saturated rings. The Bertz CT molecular complexity index is 1030. The van der Waals surface area contributed by atoms with Crippen molar-refractivity contribution in [1.29, 1.82) is 0 Å². The fourth-order valence-corrected chi connectivity index (χ4v) is 5.63. The molecule has 1 aliphatic rings. The second-order valence-corrected chi connectivity index (χ2v) is 9.26. The molecule has 146 valence electrons. The van der Waals surface area contributed by atoms with Crippen LogP contribution in [-0.4, -0.2) is 32.4 Å². The Hall–Kier alpha value is -2.21. The van der Waals surface area contributed by atoms with E-state index in [9.17, 15) is 8.42 Å². The summed E-state index contributed by atoms with van der Waals surface area (Å²) in [6.07, 6.45) is 1.86. The molecule has 28 heavy (non-hydrogen) atoms. The zero-order valence-corrected chi connectivity index (χ0v) is 16.6. The van der Waals surface area contributed by atoms with E-state index in [0.29, 0.717) is 31.2 Å². The van der Waals surface area contributed by atoms with Gasteiger partial charge in [-0.3, -0.25) is 0 Å². The second-order valence-electron chi connectivity index (χ2n) is 7.35. The molecule has 3 aromatic carbocycles. The van der Waals surface area contributed by atoms with Gasteiger partial charge in [-0.1, -0.05) is 66.7 Å². The predicted molar refractivity (Wildman–Crippen MR) is 112 cm³/mol. The highest BCUT2D eigenvalue weighted by molar-refractivity contribution is 7.89. The first-order valence-corrected chi connectivity index (χ1v) is 11.2. The van der Waals surface area contributed by atoms with Crippen LogP contribution in [-0.2, 0) is 21.4 Å². The van der Waals surface area contributed by atoms with Crippen LogP contribution in [0.1, 0.15) is 18.4 Å². The summed E-state index contributed by atoms with van der Waals surface area (Å²) < 4.78 is 34.2. The largest absolute Gasteiger partial charge is 0.376 e. The van der Waals surface area contributed by atoms with E-state index in [1.807, 2.05) is 66.7 Å². The molecule has 4 rings (SSSR count). The van der Waals surface area contributed by atoms with Crippen LogP contribution in [0.3, 0.4) is 0 Å². The first-order chi connectivity index (χ1) is 13.6. The normalized spacial score (nSPS) is 18.4. The molecule has 0 radical (unpaired) electrons. The van der Waals surface area contributed by atoms with Crippen LogP contribution in [0.5, 0.6) is 0 Å². The summed E-state index contributed by atoms with van der Waals surface area (Å²) in [4.78, 5) is 0.399. The van der Waals surface area contributed by atoms with E-state index in [0.717, 1.165) is 29.2 Å². The third-order valence-corrected chi connectivity index (χ3v) is 7.24. The van der Waals surface area contributed by atoms with Gasteiger partial charge in [0, 0.05) is 18.5 Å². The van der Waals surface area contributed by atoms with Gasteiger partial charge in [0.05, 0.1) is 18.1 Å². The number of rotatable bonds is 6. The van der Waals surface area contributed by atoms with Crippen molar-refractivity contribution in [3.05, 3.63) is 78.4 Å². The molecule has 4 nitrogen and oxygen atoms in total. The Balaban J connectivity index is 1.46. The maximum atomic E-state index is 13.3. The Morgan fingerprint density at radius 2 is 1.68 bits per heavy atom.